The molecule has 0 spiro atoms. The average Bonchev–Trinajstić information content (AvgIpc) is 2.77. The first-order valence-electron chi connectivity index (χ1n) is 14.9. The van der Waals surface area contributed by atoms with Crippen molar-refractivity contribution in [1.82, 2.24) is 0 Å². The fraction of sp³-hybridized carbons (Fsp3) is 1.00. The van der Waals surface area contributed by atoms with Crippen molar-refractivity contribution in [1.29, 1.82) is 0 Å². The molecule has 1 saturated carbocycles. The molecule has 0 amide bonds. The average molecular weight is 421 g/mol. The van der Waals surface area contributed by atoms with E-state index in [1.807, 2.05) is 0 Å². The Hall–Kier alpha value is 0. The van der Waals surface area contributed by atoms with E-state index < -0.39 is 0 Å². The van der Waals surface area contributed by atoms with Gasteiger partial charge in [0, 0.05) is 0 Å². The Balaban J connectivity index is 1.80. The van der Waals surface area contributed by atoms with Crippen LogP contribution in [-0.4, -0.2) is 0 Å². The van der Waals surface area contributed by atoms with Gasteiger partial charge in [0.15, 0.2) is 0 Å². The summed E-state index contributed by atoms with van der Waals surface area (Å²) in [5, 5.41) is 0. The predicted octanol–water partition coefficient (Wildman–Crippen LogP) is 11.4. The van der Waals surface area contributed by atoms with Crippen LogP contribution in [0.4, 0.5) is 0 Å². The Morgan fingerprint density at radius 1 is 0.333 bits per heavy atom. The van der Waals surface area contributed by atoms with Gasteiger partial charge in [-0.25, -0.2) is 0 Å². The third-order valence-electron chi connectivity index (χ3n) is 7.90. The van der Waals surface area contributed by atoms with Gasteiger partial charge >= 0.3 is 0 Å². The van der Waals surface area contributed by atoms with Crippen molar-refractivity contribution >= 4 is 0 Å². The van der Waals surface area contributed by atoms with Gasteiger partial charge in [0.2, 0.25) is 0 Å². The molecule has 0 aliphatic heterocycles. The molecule has 0 aromatic heterocycles. The van der Waals surface area contributed by atoms with E-state index in [0.29, 0.717) is 0 Å². The molecule has 0 atom stereocenters. The van der Waals surface area contributed by atoms with Crippen molar-refractivity contribution in [3.05, 3.63) is 0 Å². The molecule has 0 bridgehead atoms. The zero-order valence-electron chi connectivity index (χ0n) is 21.5. The summed E-state index contributed by atoms with van der Waals surface area (Å²) in [7, 11) is 0. The Morgan fingerprint density at radius 3 is 0.833 bits per heavy atom. The maximum Gasteiger partial charge on any atom is -0.0414 e. The summed E-state index contributed by atoms with van der Waals surface area (Å²) >= 11 is 0. The Kier molecular flexibility index (Phi) is 20.7. The highest BCUT2D eigenvalue weighted by molar-refractivity contribution is 4.73. The molecule has 0 N–H and O–H groups in total. The van der Waals surface area contributed by atoms with Crippen LogP contribution in [-0.2, 0) is 0 Å². The summed E-state index contributed by atoms with van der Waals surface area (Å²) in [5.41, 5.74) is 0. The molecule has 1 fully saturated rings. The van der Waals surface area contributed by atoms with Crippen LogP contribution in [0.2, 0.25) is 0 Å². The summed E-state index contributed by atoms with van der Waals surface area (Å²) in [5.74, 6) is 2.17. The lowest BCUT2D eigenvalue weighted by molar-refractivity contribution is 0.244. The Morgan fingerprint density at radius 2 is 0.567 bits per heavy atom. The smallest absolute Gasteiger partial charge is 0.0414 e. The first-order chi connectivity index (χ1) is 14.9. The SMILES string of the molecule is CCCCCCCCCCCCC1CCC(CCCCCCCCCCCC)CC1. The second kappa shape index (κ2) is 22.2. The van der Waals surface area contributed by atoms with E-state index in [1.54, 1.807) is 38.5 Å². The van der Waals surface area contributed by atoms with Gasteiger partial charge in [-0.2, -0.15) is 0 Å². The van der Waals surface area contributed by atoms with Crippen LogP contribution >= 0.6 is 0 Å². The van der Waals surface area contributed by atoms with Gasteiger partial charge in [0.25, 0.3) is 0 Å². The zero-order valence-corrected chi connectivity index (χ0v) is 21.5. The molecule has 1 rings (SSSR count). The second-order valence-corrected chi connectivity index (χ2v) is 10.8. The van der Waals surface area contributed by atoms with E-state index in [4.69, 9.17) is 0 Å². The molecular formula is C30H60. The minimum absolute atomic E-state index is 1.09. The maximum absolute atomic E-state index is 2.31. The van der Waals surface area contributed by atoms with E-state index >= 15 is 0 Å². The molecule has 0 heteroatoms. The lowest BCUT2D eigenvalue weighted by Gasteiger charge is -2.28. The van der Waals surface area contributed by atoms with Gasteiger partial charge in [-0.15, -0.1) is 0 Å². The molecule has 1 aliphatic carbocycles. The summed E-state index contributed by atoms with van der Waals surface area (Å²) in [4.78, 5) is 0. The predicted molar refractivity (Wildman–Crippen MR) is 138 cm³/mol. The molecule has 0 unspecified atom stereocenters. The van der Waals surface area contributed by atoms with Crippen molar-refractivity contribution < 1.29 is 0 Å². The van der Waals surface area contributed by atoms with Gasteiger partial charge in [0.05, 0.1) is 0 Å². The first kappa shape index (κ1) is 28.0. The van der Waals surface area contributed by atoms with Crippen LogP contribution < -0.4 is 0 Å². The molecule has 0 saturated heterocycles. The van der Waals surface area contributed by atoms with E-state index in [-0.39, 0.29) is 0 Å². The van der Waals surface area contributed by atoms with Gasteiger partial charge in [-0.05, 0) is 11.8 Å². The van der Waals surface area contributed by atoms with E-state index in [9.17, 15) is 0 Å². The van der Waals surface area contributed by atoms with Crippen LogP contribution in [0.1, 0.15) is 181 Å². The molecule has 180 valence electrons. The van der Waals surface area contributed by atoms with E-state index in [0.717, 1.165) is 11.8 Å². The minimum atomic E-state index is 1.09. The van der Waals surface area contributed by atoms with Crippen LogP contribution in [0.25, 0.3) is 0 Å². The molecule has 0 nitrogen and oxygen atoms in total. The summed E-state index contributed by atoms with van der Waals surface area (Å²) in [6.45, 7) is 4.62. The molecule has 0 aromatic rings. The number of rotatable bonds is 22. The van der Waals surface area contributed by atoms with Crippen LogP contribution in [0, 0.1) is 11.8 Å². The van der Waals surface area contributed by atoms with E-state index in [2.05, 4.69) is 13.8 Å². The normalized spacial score (nSPS) is 19.4. The number of hydrogen-bond donors (Lipinski definition) is 0. The van der Waals surface area contributed by atoms with Gasteiger partial charge in [0.1, 0.15) is 0 Å². The van der Waals surface area contributed by atoms with Crippen molar-refractivity contribution in [3.63, 3.8) is 0 Å². The third kappa shape index (κ3) is 17.7. The highest BCUT2D eigenvalue weighted by Gasteiger charge is 2.20. The minimum Gasteiger partial charge on any atom is -0.0654 e. The summed E-state index contributed by atoms with van der Waals surface area (Å²) in [6, 6.07) is 0. The molecule has 0 aromatic carbocycles. The van der Waals surface area contributed by atoms with Gasteiger partial charge in [-0.3, -0.25) is 0 Å². The lowest BCUT2D eigenvalue weighted by Crippen LogP contribution is -2.14. The molecule has 0 radical (unpaired) electrons. The third-order valence-corrected chi connectivity index (χ3v) is 7.90. The standard InChI is InChI=1S/C30H60/c1-3-5-7-9-11-13-15-17-19-21-23-29-25-27-30(28-26-29)24-22-20-18-16-14-12-10-8-6-4-2/h29-30H,3-28H2,1-2H3. The van der Waals surface area contributed by atoms with Crippen LogP contribution in [0.5, 0.6) is 0 Å². The van der Waals surface area contributed by atoms with Crippen molar-refractivity contribution in [2.24, 2.45) is 11.8 Å². The Labute approximate surface area is 192 Å². The van der Waals surface area contributed by atoms with Crippen LogP contribution in [0.3, 0.4) is 0 Å². The Bertz CT molecular complexity index is 280. The van der Waals surface area contributed by atoms with Gasteiger partial charge in [-0.1, -0.05) is 181 Å². The van der Waals surface area contributed by atoms with Crippen LogP contribution in [0.15, 0.2) is 0 Å². The van der Waals surface area contributed by atoms with Crippen molar-refractivity contribution in [3.8, 4) is 0 Å². The summed E-state index contributed by atoms with van der Waals surface area (Å²) < 4.78 is 0. The van der Waals surface area contributed by atoms with Gasteiger partial charge < -0.3 is 0 Å². The monoisotopic (exact) mass is 420 g/mol. The fourth-order valence-electron chi connectivity index (χ4n) is 5.65. The zero-order chi connectivity index (χ0) is 21.5. The molecular weight excluding hydrogens is 360 g/mol. The van der Waals surface area contributed by atoms with Crippen molar-refractivity contribution in [2.45, 2.75) is 181 Å². The lowest BCUT2D eigenvalue weighted by atomic mass is 9.78. The number of hydrogen-bond acceptors (Lipinski definition) is 0. The first-order valence-corrected chi connectivity index (χ1v) is 14.9. The second-order valence-electron chi connectivity index (χ2n) is 10.8. The number of unbranched alkanes of at least 4 members (excludes halogenated alkanes) is 18. The molecule has 1 aliphatic rings. The summed E-state index contributed by atoms with van der Waals surface area (Å²) in [6.07, 6.45) is 38.9. The molecule has 30 heavy (non-hydrogen) atoms. The topological polar surface area (TPSA) is 0 Å². The largest absolute Gasteiger partial charge is 0.0654 e. The maximum atomic E-state index is 2.31. The van der Waals surface area contributed by atoms with E-state index in [1.165, 1.54) is 128 Å². The quantitative estimate of drug-likeness (QED) is 0.153. The highest BCUT2D eigenvalue weighted by atomic mass is 14.3. The highest BCUT2D eigenvalue weighted by Crippen LogP contribution is 2.34. The molecule has 0 heterocycles. The fourth-order valence-corrected chi connectivity index (χ4v) is 5.65. The van der Waals surface area contributed by atoms with Crippen molar-refractivity contribution in [2.75, 3.05) is 0 Å².